The van der Waals surface area contributed by atoms with E-state index in [9.17, 15) is 0 Å². The Balaban J connectivity index is 2.37. The van der Waals surface area contributed by atoms with Gasteiger partial charge >= 0.3 is 0 Å². The maximum atomic E-state index is 6.14. The van der Waals surface area contributed by atoms with E-state index in [0.29, 0.717) is 30.0 Å². The van der Waals surface area contributed by atoms with Crippen molar-refractivity contribution < 1.29 is 4.74 Å². The molecule has 17 heavy (non-hydrogen) atoms. The second-order valence-electron chi connectivity index (χ2n) is 4.53. The van der Waals surface area contributed by atoms with Gasteiger partial charge in [0.15, 0.2) is 5.82 Å². The minimum atomic E-state index is -0.151. The van der Waals surface area contributed by atoms with Crippen LogP contribution in [-0.4, -0.2) is 35.3 Å². The fourth-order valence-electron chi connectivity index (χ4n) is 1.87. The Morgan fingerprint density at radius 2 is 2.35 bits per heavy atom. The Kier molecular flexibility index (Phi) is 3.37. The molecule has 1 saturated heterocycles. The number of hydrogen-bond acceptors (Lipinski definition) is 6. The van der Waals surface area contributed by atoms with Gasteiger partial charge in [0.1, 0.15) is 5.02 Å². The number of morpholine rings is 1. The summed E-state index contributed by atoms with van der Waals surface area (Å²) in [6.45, 7) is 6.21. The van der Waals surface area contributed by atoms with Gasteiger partial charge in [-0.25, -0.2) is 10.8 Å². The molecule has 0 radical (unpaired) electrons. The Hall–Kier alpha value is -1.11. The van der Waals surface area contributed by atoms with Crippen molar-refractivity contribution >= 4 is 23.4 Å². The molecule has 1 aliphatic rings. The van der Waals surface area contributed by atoms with Crippen LogP contribution in [0.5, 0.6) is 0 Å². The predicted molar refractivity (Wildman–Crippen MR) is 67.1 cm³/mol. The number of nitrogens with zero attached hydrogens (tertiary/aromatic N) is 3. The van der Waals surface area contributed by atoms with Crippen LogP contribution in [0.15, 0.2) is 6.20 Å². The van der Waals surface area contributed by atoms with Crippen LogP contribution in [0.3, 0.4) is 0 Å². The first kappa shape index (κ1) is 12.3. The number of anilines is 2. The molecule has 7 heteroatoms. The molecule has 1 fully saturated rings. The first-order valence-electron chi connectivity index (χ1n) is 5.39. The molecular formula is C10H16ClN5O. The molecule has 0 aromatic carbocycles. The molecule has 0 spiro atoms. The highest BCUT2D eigenvalue weighted by Crippen LogP contribution is 2.31. The van der Waals surface area contributed by atoms with E-state index < -0.39 is 0 Å². The van der Waals surface area contributed by atoms with Crippen LogP contribution in [-0.2, 0) is 4.74 Å². The number of nitrogens with one attached hydrogen (secondary N) is 1. The number of nitrogens with two attached hydrogens (primary N) is 1. The summed E-state index contributed by atoms with van der Waals surface area (Å²) < 4.78 is 5.46. The number of hydrogen-bond donors (Lipinski definition) is 2. The Bertz CT molecular complexity index is 412. The van der Waals surface area contributed by atoms with E-state index in [1.54, 1.807) is 6.20 Å². The smallest absolute Gasteiger partial charge is 0.239 e. The zero-order valence-corrected chi connectivity index (χ0v) is 10.7. The van der Waals surface area contributed by atoms with Crippen LogP contribution in [0.1, 0.15) is 13.8 Å². The summed E-state index contributed by atoms with van der Waals surface area (Å²) in [7, 11) is 0. The van der Waals surface area contributed by atoms with Crippen LogP contribution in [0, 0.1) is 0 Å². The van der Waals surface area contributed by atoms with Crippen LogP contribution >= 0.6 is 11.6 Å². The molecule has 94 valence electrons. The average molecular weight is 258 g/mol. The lowest BCUT2D eigenvalue weighted by Gasteiger charge is -2.43. The van der Waals surface area contributed by atoms with Gasteiger partial charge in [-0.15, -0.1) is 0 Å². The summed E-state index contributed by atoms with van der Waals surface area (Å²) >= 11 is 6.14. The Morgan fingerprint density at radius 3 is 3.00 bits per heavy atom. The molecule has 0 amide bonds. The maximum Gasteiger partial charge on any atom is 0.239 e. The van der Waals surface area contributed by atoms with Crippen LogP contribution < -0.4 is 16.2 Å². The van der Waals surface area contributed by atoms with Gasteiger partial charge < -0.3 is 9.64 Å². The molecule has 2 rings (SSSR count). The van der Waals surface area contributed by atoms with Gasteiger partial charge in [0.2, 0.25) is 5.95 Å². The zero-order chi connectivity index (χ0) is 12.5. The number of halogens is 1. The minimum absolute atomic E-state index is 0.151. The maximum absolute atomic E-state index is 6.14. The fraction of sp³-hybridized carbons (Fsp3) is 0.600. The van der Waals surface area contributed by atoms with E-state index in [2.05, 4.69) is 34.1 Å². The second-order valence-corrected chi connectivity index (χ2v) is 4.93. The van der Waals surface area contributed by atoms with Crippen LogP contribution in [0.2, 0.25) is 5.02 Å². The van der Waals surface area contributed by atoms with Crippen molar-refractivity contribution in [3.63, 3.8) is 0 Å². The van der Waals surface area contributed by atoms with E-state index in [1.807, 2.05) is 0 Å². The average Bonchev–Trinajstić information content (AvgIpc) is 2.30. The quantitative estimate of drug-likeness (QED) is 0.609. The van der Waals surface area contributed by atoms with Crippen LogP contribution in [0.4, 0.5) is 11.8 Å². The fourth-order valence-corrected chi connectivity index (χ4v) is 2.06. The Labute approximate surface area is 105 Å². The summed E-state index contributed by atoms with van der Waals surface area (Å²) in [5, 5.41) is 0.513. The summed E-state index contributed by atoms with van der Waals surface area (Å²) in [6.07, 6.45) is 1.55. The number of rotatable bonds is 2. The first-order chi connectivity index (χ1) is 8.04. The molecule has 6 nitrogen and oxygen atoms in total. The van der Waals surface area contributed by atoms with Crippen molar-refractivity contribution in [1.29, 1.82) is 0 Å². The highest BCUT2D eigenvalue weighted by molar-refractivity contribution is 6.32. The molecule has 1 aromatic rings. The highest BCUT2D eigenvalue weighted by Gasteiger charge is 2.33. The highest BCUT2D eigenvalue weighted by atomic mass is 35.5. The molecule has 0 atom stereocenters. The number of nitrogen functional groups attached to an aromatic ring is 1. The summed E-state index contributed by atoms with van der Waals surface area (Å²) in [4.78, 5) is 10.4. The lowest BCUT2D eigenvalue weighted by molar-refractivity contribution is 0.0639. The van der Waals surface area contributed by atoms with Crippen molar-refractivity contribution in [2.75, 3.05) is 30.1 Å². The minimum Gasteiger partial charge on any atom is -0.377 e. The predicted octanol–water partition coefficient (Wildman–Crippen LogP) is 1.03. The summed E-state index contributed by atoms with van der Waals surface area (Å²) in [6, 6.07) is 0. The van der Waals surface area contributed by atoms with Crippen molar-refractivity contribution in [3.8, 4) is 0 Å². The van der Waals surface area contributed by atoms with E-state index >= 15 is 0 Å². The van der Waals surface area contributed by atoms with Gasteiger partial charge in [0.05, 0.1) is 24.9 Å². The van der Waals surface area contributed by atoms with Crippen molar-refractivity contribution in [1.82, 2.24) is 9.97 Å². The van der Waals surface area contributed by atoms with Crippen molar-refractivity contribution in [2.45, 2.75) is 19.4 Å². The number of aromatic nitrogens is 2. The molecule has 2 heterocycles. The monoisotopic (exact) mass is 257 g/mol. The third-order valence-electron chi connectivity index (χ3n) is 2.76. The van der Waals surface area contributed by atoms with Gasteiger partial charge in [0.25, 0.3) is 0 Å². The number of ether oxygens (including phenoxy) is 1. The van der Waals surface area contributed by atoms with E-state index in [1.165, 1.54) is 0 Å². The standard InChI is InChI=1S/C10H16ClN5O/c1-10(2)6-17-4-3-16(10)8-7(11)5-13-9(14-8)15-12/h5H,3-4,6,12H2,1-2H3,(H,13,14,15). The van der Waals surface area contributed by atoms with Crippen molar-refractivity contribution in [2.24, 2.45) is 5.84 Å². The van der Waals surface area contributed by atoms with Gasteiger partial charge in [-0.2, -0.15) is 4.98 Å². The second kappa shape index (κ2) is 4.64. The molecule has 1 aromatic heterocycles. The topological polar surface area (TPSA) is 76.3 Å². The normalized spacial score (nSPS) is 19.2. The third kappa shape index (κ3) is 2.43. The SMILES string of the molecule is CC1(C)COCCN1c1nc(NN)ncc1Cl. The largest absolute Gasteiger partial charge is 0.377 e. The van der Waals surface area contributed by atoms with Gasteiger partial charge in [-0.1, -0.05) is 11.6 Å². The lowest BCUT2D eigenvalue weighted by atomic mass is 10.0. The molecule has 3 N–H and O–H groups in total. The molecular weight excluding hydrogens is 242 g/mol. The molecule has 0 unspecified atom stereocenters. The molecule has 1 aliphatic heterocycles. The summed E-state index contributed by atoms with van der Waals surface area (Å²) in [5.41, 5.74) is 2.27. The lowest BCUT2D eigenvalue weighted by Crippen LogP contribution is -2.53. The first-order valence-corrected chi connectivity index (χ1v) is 5.77. The van der Waals surface area contributed by atoms with E-state index in [0.717, 1.165) is 6.54 Å². The van der Waals surface area contributed by atoms with Gasteiger partial charge in [-0.3, -0.25) is 5.43 Å². The number of hydrazine groups is 1. The van der Waals surface area contributed by atoms with Gasteiger partial charge in [-0.05, 0) is 13.8 Å². The molecule has 0 bridgehead atoms. The third-order valence-corrected chi connectivity index (χ3v) is 3.02. The van der Waals surface area contributed by atoms with E-state index in [-0.39, 0.29) is 5.54 Å². The van der Waals surface area contributed by atoms with Gasteiger partial charge in [0, 0.05) is 6.54 Å². The summed E-state index contributed by atoms with van der Waals surface area (Å²) in [5.74, 6) is 6.34. The molecule has 0 aliphatic carbocycles. The zero-order valence-electron chi connectivity index (χ0n) is 9.90. The Morgan fingerprint density at radius 1 is 1.59 bits per heavy atom. The van der Waals surface area contributed by atoms with Crippen molar-refractivity contribution in [3.05, 3.63) is 11.2 Å². The van der Waals surface area contributed by atoms with Crippen LogP contribution in [0.25, 0.3) is 0 Å². The molecule has 0 saturated carbocycles. The van der Waals surface area contributed by atoms with E-state index in [4.69, 9.17) is 22.2 Å².